The van der Waals surface area contributed by atoms with Gasteiger partial charge in [-0.25, -0.2) is 0 Å². The number of amides is 2. The van der Waals surface area contributed by atoms with Crippen LogP contribution in [0, 0.1) is 0 Å². The molecule has 4 N–H and O–H groups in total. The van der Waals surface area contributed by atoms with Crippen molar-refractivity contribution in [2.45, 2.75) is 0 Å². The topological polar surface area (TPSA) is 106 Å². The van der Waals surface area contributed by atoms with Gasteiger partial charge in [0.15, 0.2) is 0 Å². The highest BCUT2D eigenvalue weighted by atomic mass is 16.3. The Balaban J connectivity index is 2.13. The van der Waals surface area contributed by atoms with Gasteiger partial charge in [0.2, 0.25) is 0 Å². The molecule has 1 aromatic carbocycles. The van der Waals surface area contributed by atoms with E-state index in [9.17, 15) is 9.59 Å². The third-order valence-corrected chi connectivity index (χ3v) is 3.76. The van der Waals surface area contributed by atoms with Gasteiger partial charge < -0.3 is 20.5 Å². The maximum absolute atomic E-state index is 12.6. The molecule has 2 heterocycles. The lowest BCUT2D eigenvalue weighted by atomic mass is 10.0. The predicted molar refractivity (Wildman–Crippen MR) is 84.1 cm³/mol. The zero-order valence-corrected chi connectivity index (χ0v) is 12.4. The average molecular weight is 315 g/mol. The van der Waals surface area contributed by atoms with E-state index in [1.807, 2.05) is 24.3 Å². The molecule has 0 atom stereocenters. The lowest BCUT2D eigenvalue weighted by Gasteiger charge is -2.13. The van der Waals surface area contributed by atoms with E-state index in [-0.39, 0.29) is 37.6 Å². The molecule has 23 heavy (non-hydrogen) atoms. The van der Waals surface area contributed by atoms with Crippen LogP contribution in [0.25, 0.3) is 16.5 Å². The molecule has 1 aliphatic heterocycles. The van der Waals surface area contributed by atoms with Crippen LogP contribution < -0.4 is 5.32 Å². The Labute approximate surface area is 132 Å². The van der Waals surface area contributed by atoms with Crippen molar-refractivity contribution in [2.24, 2.45) is 0 Å². The van der Waals surface area contributed by atoms with Crippen molar-refractivity contribution in [3.8, 4) is 0 Å². The third kappa shape index (κ3) is 2.49. The number of aliphatic hydroxyl groups excluding tert-OH is 2. The van der Waals surface area contributed by atoms with Crippen LogP contribution in [0.5, 0.6) is 0 Å². The first-order valence-electron chi connectivity index (χ1n) is 7.31. The summed E-state index contributed by atoms with van der Waals surface area (Å²) in [7, 11) is 0. The first-order valence-corrected chi connectivity index (χ1v) is 7.31. The second-order valence-electron chi connectivity index (χ2n) is 5.13. The van der Waals surface area contributed by atoms with Gasteiger partial charge in [-0.3, -0.25) is 14.5 Å². The molecule has 120 valence electrons. The van der Waals surface area contributed by atoms with Crippen LogP contribution in [0.1, 0.15) is 5.56 Å². The van der Waals surface area contributed by atoms with E-state index >= 15 is 0 Å². The number of benzene rings is 1. The number of aromatic nitrogens is 1. The summed E-state index contributed by atoms with van der Waals surface area (Å²) in [5.41, 5.74) is 1.90. The highest BCUT2D eigenvalue weighted by molar-refractivity contribution is 6.37. The van der Waals surface area contributed by atoms with Crippen molar-refractivity contribution in [3.05, 3.63) is 41.7 Å². The van der Waals surface area contributed by atoms with Crippen LogP contribution in [0.2, 0.25) is 0 Å². The molecule has 1 aliphatic rings. The number of hydrogen-bond donors (Lipinski definition) is 4. The largest absolute Gasteiger partial charge is 0.395 e. The molecule has 0 spiro atoms. The Morgan fingerprint density at radius 3 is 2.61 bits per heavy atom. The van der Waals surface area contributed by atoms with E-state index in [2.05, 4.69) is 10.3 Å². The highest BCUT2D eigenvalue weighted by Gasteiger charge is 2.39. The van der Waals surface area contributed by atoms with Gasteiger partial charge >= 0.3 is 0 Å². The predicted octanol–water partition coefficient (Wildman–Crippen LogP) is -0.178. The van der Waals surface area contributed by atoms with Gasteiger partial charge in [-0.05, 0) is 6.07 Å². The highest BCUT2D eigenvalue weighted by Crippen LogP contribution is 2.32. The Morgan fingerprint density at radius 2 is 1.87 bits per heavy atom. The quantitative estimate of drug-likeness (QED) is 0.554. The smallest absolute Gasteiger partial charge is 0.277 e. The minimum atomic E-state index is -0.488. The Kier molecular flexibility index (Phi) is 4.14. The van der Waals surface area contributed by atoms with Crippen molar-refractivity contribution in [2.75, 3.05) is 26.3 Å². The number of β-amino-alcohol motifs (C(OH)–C–C–N with tert-alkyl or cyclic N) is 1. The van der Waals surface area contributed by atoms with Gasteiger partial charge in [0.1, 0.15) is 5.70 Å². The molecule has 0 unspecified atom stereocenters. The van der Waals surface area contributed by atoms with E-state index in [0.29, 0.717) is 5.56 Å². The SMILES string of the molecule is O=C1C(NCCO)=C(c2c[nH]c3ccccc23)C(=O)N1CCO. The summed E-state index contributed by atoms with van der Waals surface area (Å²) in [5.74, 6) is -0.938. The zero-order valence-electron chi connectivity index (χ0n) is 12.4. The summed E-state index contributed by atoms with van der Waals surface area (Å²) < 4.78 is 0. The van der Waals surface area contributed by atoms with Crippen LogP contribution in [0.3, 0.4) is 0 Å². The van der Waals surface area contributed by atoms with Crippen molar-refractivity contribution in [3.63, 3.8) is 0 Å². The lowest BCUT2D eigenvalue weighted by molar-refractivity contribution is -0.137. The number of carbonyl (C=O) groups is 2. The summed E-state index contributed by atoms with van der Waals surface area (Å²) >= 11 is 0. The fourth-order valence-electron chi connectivity index (χ4n) is 2.75. The number of imide groups is 1. The minimum absolute atomic E-state index is 0.0617. The fourth-order valence-corrected chi connectivity index (χ4v) is 2.75. The maximum Gasteiger partial charge on any atom is 0.277 e. The number of H-pyrrole nitrogens is 1. The summed E-state index contributed by atoms with van der Waals surface area (Å²) in [4.78, 5) is 29.2. The summed E-state index contributed by atoms with van der Waals surface area (Å²) in [6.07, 6.45) is 1.69. The second kappa shape index (κ2) is 6.23. The van der Waals surface area contributed by atoms with Crippen molar-refractivity contribution >= 4 is 28.3 Å². The molecule has 2 amide bonds. The van der Waals surface area contributed by atoms with Crippen LogP contribution in [0.4, 0.5) is 0 Å². The molecule has 0 saturated carbocycles. The zero-order chi connectivity index (χ0) is 16.4. The standard InChI is InChI=1S/C16H17N3O4/c20-7-5-17-14-13(15(22)19(6-8-21)16(14)23)11-9-18-12-4-2-1-3-10(11)12/h1-4,9,17-18,20-21H,5-8H2. The van der Waals surface area contributed by atoms with Crippen molar-refractivity contribution in [1.29, 1.82) is 0 Å². The molecule has 2 aromatic rings. The number of hydrogen-bond acceptors (Lipinski definition) is 5. The van der Waals surface area contributed by atoms with Crippen molar-refractivity contribution in [1.82, 2.24) is 15.2 Å². The molecule has 0 fully saturated rings. The Hall–Kier alpha value is -2.64. The fraction of sp³-hybridized carbons (Fsp3) is 0.250. The molecule has 7 heteroatoms. The van der Waals surface area contributed by atoms with Gasteiger partial charge in [-0.1, -0.05) is 18.2 Å². The number of fused-ring (bicyclic) bond motifs is 1. The van der Waals surface area contributed by atoms with E-state index in [1.54, 1.807) is 6.20 Å². The number of para-hydroxylation sites is 1. The lowest BCUT2D eigenvalue weighted by Crippen LogP contribution is -2.36. The molecule has 3 rings (SSSR count). The van der Waals surface area contributed by atoms with E-state index in [0.717, 1.165) is 15.8 Å². The monoisotopic (exact) mass is 315 g/mol. The third-order valence-electron chi connectivity index (χ3n) is 3.76. The van der Waals surface area contributed by atoms with Gasteiger partial charge in [0.05, 0.1) is 25.3 Å². The van der Waals surface area contributed by atoms with Crippen LogP contribution in [-0.2, 0) is 9.59 Å². The number of aliphatic hydroxyl groups is 2. The molecule has 0 bridgehead atoms. The number of rotatable bonds is 6. The van der Waals surface area contributed by atoms with Gasteiger partial charge in [0.25, 0.3) is 11.8 Å². The van der Waals surface area contributed by atoms with E-state index < -0.39 is 11.8 Å². The molecule has 0 saturated heterocycles. The van der Waals surface area contributed by atoms with Gasteiger partial charge in [-0.2, -0.15) is 0 Å². The number of aromatic amines is 1. The Bertz CT molecular complexity index is 793. The molecule has 1 aromatic heterocycles. The van der Waals surface area contributed by atoms with E-state index in [4.69, 9.17) is 10.2 Å². The maximum atomic E-state index is 12.6. The number of nitrogens with one attached hydrogen (secondary N) is 2. The van der Waals surface area contributed by atoms with E-state index in [1.165, 1.54) is 0 Å². The molecule has 0 radical (unpaired) electrons. The normalized spacial score (nSPS) is 15.1. The van der Waals surface area contributed by atoms with Crippen LogP contribution in [0.15, 0.2) is 36.2 Å². The minimum Gasteiger partial charge on any atom is -0.395 e. The average Bonchev–Trinajstić information content (AvgIpc) is 3.07. The first kappa shape index (κ1) is 15.3. The van der Waals surface area contributed by atoms with Crippen LogP contribution >= 0.6 is 0 Å². The second-order valence-corrected chi connectivity index (χ2v) is 5.13. The molecule has 0 aliphatic carbocycles. The Morgan fingerprint density at radius 1 is 1.09 bits per heavy atom. The summed E-state index contributed by atoms with van der Waals surface area (Å²) in [5, 5.41) is 21.7. The molecule has 7 nitrogen and oxygen atoms in total. The number of carbonyl (C=O) groups excluding carboxylic acids is 2. The number of nitrogens with zero attached hydrogens (tertiary/aromatic N) is 1. The molecular formula is C16H17N3O4. The van der Waals surface area contributed by atoms with Crippen LogP contribution in [-0.4, -0.2) is 58.2 Å². The van der Waals surface area contributed by atoms with Crippen molar-refractivity contribution < 1.29 is 19.8 Å². The first-order chi connectivity index (χ1) is 11.2. The van der Waals surface area contributed by atoms with Gasteiger partial charge in [-0.15, -0.1) is 0 Å². The summed E-state index contributed by atoms with van der Waals surface area (Å²) in [6.45, 7) is -0.362. The summed E-state index contributed by atoms with van der Waals surface area (Å²) in [6, 6.07) is 7.48. The molecular weight excluding hydrogens is 298 g/mol. The van der Waals surface area contributed by atoms with Gasteiger partial charge in [0, 0.05) is 29.2 Å².